The molecular formula is C19H16F3N3O2S2. The normalized spacial score (nSPS) is 10.8. The Hall–Kier alpha value is -2.72. The molecule has 29 heavy (non-hydrogen) atoms. The molecule has 10 heteroatoms. The molecule has 0 aliphatic heterocycles. The first kappa shape index (κ1) is 21.0. The number of nitrogens with zero attached hydrogens (tertiary/aromatic N) is 2. The molecular weight excluding hydrogens is 423 g/mol. The number of halogens is 3. The zero-order valence-corrected chi connectivity index (χ0v) is 16.9. The second-order valence-corrected chi connectivity index (χ2v) is 7.82. The van der Waals surface area contributed by atoms with Crippen LogP contribution in [0.3, 0.4) is 0 Å². The number of rotatable bonds is 7. The minimum atomic E-state index is -1.67. The summed E-state index contributed by atoms with van der Waals surface area (Å²) < 4.78 is 40.1. The Kier molecular flexibility index (Phi) is 6.65. The number of hydrogen-bond donors (Lipinski definition) is 1. The summed E-state index contributed by atoms with van der Waals surface area (Å²) in [7, 11) is 0. The van der Waals surface area contributed by atoms with Gasteiger partial charge < -0.3 is 10.2 Å². The van der Waals surface area contributed by atoms with Crippen molar-refractivity contribution in [1.29, 1.82) is 0 Å². The fourth-order valence-corrected chi connectivity index (χ4v) is 4.16. The van der Waals surface area contributed by atoms with Crippen molar-refractivity contribution in [3.63, 3.8) is 0 Å². The fraction of sp³-hybridized carbons (Fsp3) is 0.211. The molecule has 3 rings (SSSR count). The average molecular weight is 439 g/mol. The number of amides is 2. The first-order valence-corrected chi connectivity index (χ1v) is 10.4. The van der Waals surface area contributed by atoms with Gasteiger partial charge in [0.2, 0.25) is 5.91 Å². The highest BCUT2D eigenvalue weighted by molar-refractivity contribution is 7.20. The third kappa shape index (κ3) is 4.83. The molecule has 2 aromatic heterocycles. The lowest BCUT2D eigenvalue weighted by Crippen LogP contribution is -2.38. The number of carbonyl (C=O) groups excluding carboxylic acids is 2. The van der Waals surface area contributed by atoms with E-state index in [4.69, 9.17) is 0 Å². The third-order valence-electron chi connectivity index (χ3n) is 3.88. The first-order valence-electron chi connectivity index (χ1n) is 8.62. The molecule has 0 radical (unpaired) electrons. The Morgan fingerprint density at radius 2 is 1.93 bits per heavy atom. The maximum Gasteiger partial charge on any atom is 0.273 e. The minimum Gasteiger partial charge on any atom is -0.328 e. The number of anilines is 1. The lowest BCUT2D eigenvalue weighted by atomic mass is 10.2. The van der Waals surface area contributed by atoms with Gasteiger partial charge in [-0.3, -0.25) is 9.59 Å². The van der Waals surface area contributed by atoms with Gasteiger partial charge in [0.1, 0.15) is 17.2 Å². The van der Waals surface area contributed by atoms with Crippen LogP contribution in [0.1, 0.15) is 23.8 Å². The van der Waals surface area contributed by atoms with E-state index in [1.54, 1.807) is 5.38 Å². The van der Waals surface area contributed by atoms with Crippen LogP contribution >= 0.6 is 22.7 Å². The molecule has 0 bridgehead atoms. The van der Waals surface area contributed by atoms with Crippen LogP contribution < -0.4 is 5.32 Å². The van der Waals surface area contributed by atoms with Gasteiger partial charge in [-0.15, -0.1) is 22.7 Å². The molecule has 1 N–H and O–H groups in total. The Bertz CT molecular complexity index is 1020. The van der Waals surface area contributed by atoms with E-state index < -0.39 is 35.0 Å². The molecule has 5 nitrogen and oxygen atoms in total. The van der Waals surface area contributed by atoms with Crippen molar-refractivity contribution in [3.05, 3.63) is 58.2 Å². The molecule has 2 amide bonds. The molecule has 0 saturated carbocycles. The second-order valence-electron chi connectivity index (χ2n) is 6.01. The van der Waals surface area contributed by atoms with Gasteiger partial charge in [0, 0.05) is 11.9 Å². The van der Waals surface area contributed by atoms with E-state index in [1.165, 1.54) is 27.6 Å². The first-order chi connectivity index (χ1) is 13.9. The van der Waals surface area contributed by atoms with Crippen LogP contribution in [0, 0.1) is 17.5 Å². The third-order valence-corrected chi connectivity index (χ3v) is 5.76. The van der Waals surface area contributed by atoms with Crippen LogP contribution in [-0.2, 0) is 4.79 Å². The van der Waals surface area contributed by atoms with Crippen LogP contribution in [-0.4, -0.2) is 34.8 Å². The van der Waals surface area contributed by atoms with Gasteiger partial charge in [-0.05, 0) is 30.0 Å². The lowest BCUT2D eigenvalue weighted by molar-refractivity contribution is -0.116. The van der Waals surface area contributed by atoms with Crippen molar-refractivity contribution in [3.8, 4) is 9.88 Å². The monoisotopic (exact) mass is 439 g/mol. The highest BCUT2D eigenvalue weighted by Crippen LogP contribution is 2.28. The summed E-state index contributed by atoms with van der Waals surface area (Å²) in [4.78, 5) is 31.6. The number of hydrogen-bond acceptors (Lipinski definition) is 5. The Morgan fingerprint density at radius 1 is 1.14 bits per heavy atom. The molecule has 2 heterocycles. The van der Waals surface area contributed by atoms with E-state index in [9.17, 15) is 22.8 Å². The Labute approximate surface area is 172 Å². The largest absolute Gasteiger partial charge is 0.328 e. The van der Waals surface area contributed by atoms with Crippen LogP contribution in [0.4, 0.5) is 18.9 Å². The zero-order valence-electron chi connectivity index (χ0n) is 15.2. The molecule has 0 spiro atoms. The quantitative estimate of drug-likeness (QED) is 0.539. The Morgan fingerprint density at radius 3 is 2.62 bits per heavy atom. The average Bonchev–Trinajstić information content (AvgIpc) is 3.39. The van der Waals surface area contributed by atoms with Crippen molar-refractivity contribution < 1.29 is 22.8 Å². The number of thiophene rings is 1. The minimum absolute atomic E-state index is 0.207. The van der Waals surface area contributed by atoms with E-state index >= 15 is 0 Å². The molecule has 0 saturated heterocycles. The molecule has 152 valence electrons. The van der Waals surface area contributed by atoms with Crippen molar-refractivity contribution in [2.45, 2.75) is 13.3 Å². The molecule has 1 aromatic carbocycles. The predicted octanol–water partition coefficient (Wildman–Crippen LogP) is 4.78. The van der Waals surface area contributed by atoms with Gasteiger partial charge in [-0.1, -0.05) is 13.0 Å². The van der Waals surface area contributed by atoms with Crippen molar-refractivity contribution >= 4 is 40.2 Å². The van der Waals surface area contributed by atoms with E-state index in [0.717, 1.165) is 10.9 Å². The lowest BCUT2D eigenvalue weighted by Gasteiger charge is -2.20. The summed E-state index contributed by atoms with van der Waals surface area (Å²) in [6.45, 7) is 1.74. The standard InChI is InChI=1S/C19H16F3N3O2S2/c1-2-7-25(9-15(26)23-12-6-5-11(20)16(21)17(12)22)19(27)13-10-29-18(24-13)14-4-3-8-28-14/h3-6,8,10H,2,7,9H2,1H3,(H,23,26). The van der Waals surface area contributed by atoms with E-state index in [0.29, 0.717) is 17.5 Å². The predicted molar refractivity (Wildman–Crippen MR) is 107 cm³/mol. The molecule has 0 atom stereocenters. The van der Waals surface area contributed by atoms with Crippen LogP contribution in [0.25, 0.3) is 9.88 Å². The summed E-state index contributed by atoms with van der Waals surface area (Å²) in [6, 6.07) is 5.41. The topological polar surface area (TPSA) is 62.3 Å². The van der Waals surface area contributed by atoms with Gasteiger partial charge in [0.25, 0.3) is 5.91 Å². The number of aromatic nitrogens is 1. The second kappa shape index (κ2) is 9.19. The fourth-order valence-electron chi connectivity index (χ4n) is 2.56. The van der Waals surface area contributed by atoms with Crippen molar-refractivity contribution in [1.82, 2.24) is 9.88 Å². The van der Waals surface area contributed by atoms with Crippen molar-refractivity contribution in [2.24, 2.45) is 0 Å². The maximum absolute atomic E-state index is 13.8. The van der Waals surface area contributed by atoms with Crippen LogP contribution in [0.15, 0.2) is 35.0 Å². The van der Waals surface area contributed by atoms with Gasteiger partial charge in [-0.2, -0.15) is 0 Å². The summed E-state index contributed by atoms with van der Waals surface area (Å²) >= 11 is 2.82. The molecule has 0 aliphatic rings. The number of thiazole rings is 1. The van der Waals surface area contributed by atoms with E-state index in [-0.39, 0.29) is 18.8 Å². The smallest absolute Gasteiger partial charge is 0.273 e. The van der Waals surface area contributed by atoms with Crippen LogP contribution in [0.5, 0.6) is 0 Å². The van der Waals surface area contributed by atoms with E-state index in [2.05, 4.69) is 10.3 Å². The molecule has 0 aliphatic carbocycles. The van der Waals surface area contributed by atoms with E-state index in [1.807, 2.05) is 24.4 Å². The van der Waals surface area contributed by atoms with Gasteiger partial charge in [0.15, 0.2) is 17.5 Å². The summed E-state index contributed by atoms with van der Waals surface area (Å²) in [5.41, 5.74) is -0.287. The van der Waals surface area contributed by atoms with Gasteiger partial charge >= 0.3 is 0 Å². The number of benzene rings is 1. The number of nitrogens with one attached hydrogen (secondary N) is 1. The van der Waals surface area contributed by atoms with Crippen molar-refractivity contribution in [2.75, 3.05) is 18.4 Å². The SMILES string of the molecule is CCCN(CC(=O)Nc1ccc(F)c(F)c1F)C(=O)c1csc(-c2cccs2)n1. The Balaban J connectivity index is 1.72. The highest BCUT2D eigenvalue weighted by atomic mass is 32.1. The number of carbonyl (C=O) groups is 2. The van der Waals surface area contributed by atoms with Gasteiger partial charge in [-0.25, -0.2) is 18.2 Å². The maximum atomic E-state index is 13.8. The molecule has 3 aromatic rings. The summed E-state index contributed by atoms with van der Waals surface area (Å²) in [5.74, 6) is -5.69. The molecule has 0 unspecified atom stereocenters. The zero-order chi connectivity index (χ0) is 21.0. The highest BCUT2D eigenvalue weighted by Gasteiger charge is 2.22. The summed E-state index contributed by atoms with van der Waals surface area (Å²) in [6.07, 6.45) is 0.584. The van der Waals surface area contributed by atoms with Gasteiger partial charge in [0.05, 0.1) is 10.6 Å². The van der Waals surface area contributed by atoms with Crippen LogP contribution in [0.2, 0.25) is 0 Å². The summed E-state index contributed by atoms with van der Waals surface area (Å²) in [5, 5.41) is 6.40. The molecule has 0 fully saturated rings.